The summed E-state index contributed by atoms with van der Waals surface area (Å²) >= 11 is 0. The first-order valence-electron chi connectivity index (χ1n) is 7.78. The van der Waals surface area contributed by atoms with Gasteiger partial charge in [-0.25, -0.2) is 13.1 Å². The minimum absolute atomic E-state index is 0.0909. The minimum Gasteiger partial charge on any atom is -0.497 e. The van der Waals surface area contributed by atoms with Crippen molar-refractivity contribution in [2.45, 2.75) is 23.2 Å². The van der Waals surface area contributed by atoms with E-state index in [4.69, 9.17) is 9.47 Å². The van der Waals surface area contributed by atoms with Crippen LogP contribution in [0, 0.1) is 0 Å². The van der Waals surface area contributed by atoms with Gasteiger partial charge in [0.15, 0.2) is 0 Å². The highest BCUT2D eigenvalue weighted by molar-refractivity contribution is 7.89. The first-order valence-corrected chi connectivity index (χ1v) is 9.26. The lowest BCUT2D eigenvalue weighted by atomic mass is 9.96. The molecule has 0 aromatic heterocycles. The van der Waals surface area contributed by atoms with E-state index in [1.54, 1.807) is 12.1 Å². The van der Waals surface area contributed by atoms with Crippen molar-refractivity contribution in [1.29, 1.82) is 0 Å². The van der Waals surface area contributed by atoms with E-state index in [1.165, 1.54) is 25.8 Å². The Morgan fingerprint density at radius 3 is 2.33 bits per heavy atom. The van der Waals surface area contributed by atoms with E-state index in [0.29, 0.717) is 18.0 Å². The lowest BCUT2D eigenvalue weighted by Gasteiger charge is -2.18. The van der Waals surface area contributed by atoms with Gasteiger partial charge in [-0.3, -0.25) is 0 Å². The quantitative estimate of drug-likeness (QED) is 0.836. The Labute approximate surface area is 142 Å². The van der Waals surface area contributed by atoms with Gasteiger partial charge in [-0.1, -0.05) is 30.3 Å². The molecule has 1 aliphatic carbocycles. The normalized spacial score (nSPS) is 15.8. The van der Waals surface area contributed by atoms with E-state index in [-0.39, 0.29) is 10.3 Å². The molecule has 1 aliphatic rings. The molecule has 5 nitrogen and oxygen atoms in total. The molecular formula is C18H21NO4S. The summed E-state index contributed by atoms with van der Waals surface area (Å²) in [5.41, 5.74) is 1.07. The third kappa shape index (κ3) is 3.25. The Balaban J connectivity index is 1.82. The fourth-order valence-corrected chi connectivity index (χ4v) is 4.12. The maximum atomic E-state index is 12.7. The second-order valence-corrected chi connectivity index (χ2v) is 7.72. The Hall–Kier alpha value is -2.05. The number of nitrogens with one attached hydrogen (secondary N) is 1. The van der Waals surface area contributed by atoms with Crippen LogP contribution in [0.1, 0.15) is 18.4 Å². The van der Waals surface area contributed by atoms with Crippen molar-refractivity contribution in [1.82, 2.24) is 4.72 Å². The van der Waals surface area contributed by atoms with E-state index in [2.05, 4.69) is 4.72 Å². The summed E-state index contributed by atoms with van der Waals surface area (Å²) in [6.07, 6.45) is 1.96. The third-order valence-electron chi connectivity index (χ3n) is 4.50. The van der Waals surface area contributed by atoms with Gasteiger partial charge in [-0.2, -0.15) is 0 Å². The van der Waals surface area contributed by atoms with E-state index < -0.39 is 10.0 Å². The largest absolute Gasteiger partial charge is 0.497 e. The monoisotopic (exact) mass is 347 g/mol. The van der Waals surface area contributed by atoms with Crippen molar-refractivity contribution >= 4 is 10.0 Å². The first-order chi connectivity index (χ1) is 11.5. The Kier molecular flexibility index (Phi) is 4.51. The number of hydrogen-bond acceptors (Lipinski definition) is 4. The number of benzene rings is 2. The molecule has 6 heteroatoms. The van der Waals surface area contributed by atoms with Crippen LogP contribution in [0.3, 0.4) is 0 Å². The molecule has 0 bridgehead atoms. The van der Waals surface area contributed by atoms with Crippen molar-refractivity contribution < 1.29 is 17.9 Å². The zero-order valence-electron chi connectivity index (χ0n) is 13.8. The molecular weight excluding hydrogens is 326 g/mol. The fraction of sp³-hybridized carbons (Fsp3) is 0.333. The number of hydrogen-bond donors (Lipinski definition) is 1. The van der Waals surface area contributed by atoms with Crippen LogP contribution < -0.4 is 14.2 Å². The predicted octanol–water partition coefficient (Wildman–Crippen LogP) is 2.71. The summed E-state index contributed by atoms with van der Waals surface area (Å²) < 4.78 is 38.5. The fourth-order valence-electron chi connectivity index (χ4n) is 2.82. The van der Waals surface area contributed by atoms with Crippen LogP contribution in [-0.4, -0.2) is 29.2 Å². The van der Waals surface area contributed by atoms with Crippen molar-refractivity contribution in [3.8, 4) is 11.5 Å². The van der Waals surface area contributed by atoms with E-state index >= 15 is 0 Å². The number of methoxy groups -OCH3 is 2. The summed E-state index contributed by atoms with van der Waals surface area (Å²) in [5, 5.41) is 0. The van der Waals surface area contributed by atoms with Crippen molar-refractivity contribution in [3.63, 3.8) is 0 Å². The second-order valence-electron chi connectivity index (χ2n) is 5.99. The van der Waals surface area contributed by atoms with Crippen LogP contribution >= 0.6 is 0 Å². The maximum Gasteiger partial charge on any atom is 0.244 e. The summed E-state index contributed by atoms with van der Waals surface area (Å²) in [7, 11) is -0.740. The van der Waals surface area contributed by atoms with Gasteiger partial charge in [0.25, 0.3) is 0 Å². The van der Waals surface area contributed by atoms with Crippen LogP contribution in [-0.2, 0) is 15.4 Å². The molecule has 0 atom stereocenters. The average Bonchev–Trinajstić information content (AvgIpc) is 3.41. The molecule has 24 heavy (non-hydrogen) atoms. The third-order valence-corrected chi connectivity index (χ3v) is 5.92. The molecule has 0 saturated heterocycles. The molecule has 1 saturated carbocycles. The molecule has 0 unspecified atom stereocenters. The molecule has 2 aromatic rings. The van der Waals surface area contributed by atoms with Gasteiger partial charge in [0.2, 0.25) is 10.0 Å². The highest BCUT2D eigenvalue weighted by Gasteiger charge is 2.44. The molecule has 0 radical (unpaired) electrons. The topological polar surface area (TPSA) is 64.6 Å². The second kappa shape index (κ2) is 6.45. The summed E-state index contributed by atoms with van der Waals surface area (Å²) in [6, 6.07) is 14.8. The Morgan fingerprint density at radius 1 is 1.04 bits per heavy atom. The molecule has 3 rings (SSSR count). The van der Waals surface area contributed by atoms with Gasteiger partial charge in [0.05, 0.1) is 14.2 Å². The molecule has 128 valence electrons. The molecule has 1 N–H and O–H groups in total. The van der Waals surface area contributed by atoms with Crippen molar-refractivity contribution in [3.05, 3.63) is 54.1 Å². The predicted molar refractivity (Wildman–Crippen MR) is 92.1 cm³/mol. The molecule has 0 aliphatic heterocycles. The standard InChI is InChI=1S/C18H21NO4S/c1-22-15-8-9-16(23-2)17(12-15)24(20,21)19-13-18(10-11-18)14-6-4-3-5-7-14/h3-9,12,19H,10-11,13H2,1-2H3. The molecule has 0 amide bonds. The van der Waals surface area contributed by atoms with Crippen LogP contribution in [0.15, 0.2) is 53.4 Å². The van der Waals surface area contributed by atoms with Gasteiger partial charge in [-0.05, 0) is 30.5 Å². The van der Waals surface area contributed by atoms with Crippen molar-refractivity contribution in [2.75, 3.05) is 20.8 Å². The van der Waals surface area contributed by atoms with Crippen LogP contribution in [0.25, 0.3) is 0 Å². The summed E-state index contributed by atoms with van der Waals surface area (Å²) in [5.74, 6) is 0.772. The molecule has 2 aromatic carbocycles. The van der Waals surface area contributed by atoms with Crippen molar-refractivity contribution in [2.24, 2.45) is 0 Å². The van der Waals surface area contributed by atoms with Crippen LogP contribution in [0.4, 0.5) is 0 Å². The zero-order valence-corrected chi connectivity index (χ0v) is 14.6. The number of ether oxygens (including phenoxy) is 2. The van der Waals surface area contributed by atoms with Gasteiger partial charge in [-0.15, -0.1) is 0 Å². The summed E-state index contributed by atoms with van der Waals surface area (Å²) in [4.78, 5) is 0.0909. The van der Waals surface area contributed by atoms with E-state index in [9.17, 15) is 8.42 Å². The smallest absolute Gasteiger partial charge is 0.244 e. The molecule has 1 fully saturated rings. The van der Waals surface area contributed by atoms with Gasteiger partial charge >= 0.3 is 0 Å². The van der Waals surface area contributed by atoms with Gasteiger partial charge in [0, 0.05) is 18.0 Å². The minimum atomic E-state index is -3.69. The Morgan fingerprint density at radius 2 is 1.75 bits per heavy atom. The summed E-state index contributed by atoms with van der Waals surface area (Å²) in [6.45, 7) is 0.375. The number of rotatable bonds is 7. The SMILES string of the molecule is COc1ccc(OC)c(S(=O)(=O)NCC2(c3ccccc3)CC2)c1. The van der Waals surface area contributed by atoms with Crippen LogP contribution in [0.2, 0.25) is 0 Å². The maximum absolute atomic E-state index is 12.7. The zero-order chi connectivity index (χ0) is 17.2. The number of sulfonamides is 1. The first kappa shape index (κ1) is 16.8. The highest BCUT2D eigenvalue weighted by Crippen LogP contribution is 2.47. The molecule has 0 spiro atoms. The van der Waals surface area contributed by atoms with Gasteiger partial charge < -0.3 is 9.47 Å². The average molecular weight is 347 g/mol. The molecule has 0 heterocycles. The van der Waals surface area contributed by atoms with Gasteiger partial charge in [0.1, 0.15) is 16.4 Å². The lowest BCUT2D eigenvalue weighted by Crippen LogP contribution is -2.32. The lowest BCUT2D eigenvalue weighted by molar-refractivity contribution is 0.392. The highest BCUT2D eigenvalue weighted by atomic mass is 32.2. The van der Waals surface area contributed by atoms with E-state index in [1.807, 2.05) is 30.3 Å². The van der Waals surface area contributed by atoms with Crippen LogP contribution in [0.5, 0.6) is 11.5 Å². The van der Waals surface area contributed by atoms with E-state index in [0.717, 1.165) is 12.8 Å². The Bertz CT molecular complexity index is 814.